The minimum Gasteiger partial charge on any atom is -0.774 e. The zero-order valence-electron chi connectivity index (χ0n) is 26.2. The van der Waals surface area contributed by atoms with Crippen LogP contribution in [0.2, 0.25) is 0 Å². The van der Waals surface area contributed by atoms with E-state index in [1.54, 1.807) is 47.0 Å². The van der Waals surface area contributed by atoms with Crippen molar-refractivity contribution in [3.05, 3.63) is 102 Å². The molecule has 16 heteroatoms. The van der Waals surface area contributed by atoms with E-state index in [1.165, 1.54) is 12.8 Å². The molecule has 0 unspecified atom stereocenters. The molecule has 8 N–H and O–H groups in total. The second-order valence-corrected chi connectivity index (χ2v) is 16.0. The fraction of sp³-hybridized carbons (Fsp3) is 0.375. The normalized spacial score (nSPS) is 15.8. The molecule has 2 aromatic rings. The number of hydrogen-bond acceptors (Lipinski definition) is 12. The van der Waals surface area contributed by atoms with Crippen LogP contribution in [0.4, 0.5) is 0 Å². The third-order valence-corrected chi connectivity index (χ3v) is 12.3. The van der Waals surface area contributed by atoms with Crippen LogP contribution in [0.1, 0.15) is 24.0 Å². The number of hydrogen-bond donors (Lipinski definition) is 4. The average Bonchev–Trinajstić information content (AvgIpc) is 3.64. The molecule has 1 saturated heterocycles. The summed E-state index contributed by atoms with van der Waals surface area (Å²) in [5.41, 5.74) is 1.65. The first-order chi connectivity index (χ1) is 21.5. The van der Waals surface area contributed by atoms with E-state index in [2.05, 4.69) is 33.1 Å². The first-order valence-electron chi connectivity index (χ1n) is 13.9. The van der Waals surface area contributed by atoms with Gasteiger partial charge in [0.15, 0.2) is 0 Å². The maximum Gasteiger partial charge on any atom is 3.00 e. The van der Waals surface area contributed by atoms with E-state index in [9.17, 15) is 0 Å². The first-order valence-corrected chi connectivity index (χ1v) is 19.5. The molecule has 5 rings (SSSR count). The molecule has 266 valence electrons. The molecule has 2 radical (unpaired) electrons. The summed E-state index contributed by atoms with van der Waals surface area (Å²) < 4.78 is 3.61. The Hall–Kier alpha value is 0.106. The molecule has 0 saturated carbocycles. The van der Waals surface area contributed by atoms with Gasteiger partial charge in [-0.15, -0.1) is 82.4 Å². The minimum atomic E-state index is 0. The summed E-state index contributed by atoms with van der Waals surface area (Å²) in [4.78, 5) is 0. The Morgan fingerprint density at radius 2 is 0.729 bits per heavy atom. The molecule has 6 nitrogen and oxygen atoms in total. The van der Waals surface area contributed by atoms with Crippen LogP contribution < -0.4 is 21.3 Å². The topological polar surface area (TPSA) is 111 Å². The molecule has 0 aromatic heterocycles. The van der Waals surface area contributed by atoms with Gasteiger partial charge in [-0.05, 0) is 39.0 Å². The molecule has 2 aromatic carbocycles. The Bertz CT molecular complexity index is 1020. The minimum absolute atomic E-state index is 0. The van der Waals surface area contributed by atoms with Crippen molar-refractivity contribution in [1.82, 2.24) is 21.3 Å². The van der Waals surface area contributed by atoms with Gasteiger partial charge in [0.25, 0.3) is 0 Å². The average molecular weight is 882 g/mol. The van der Waals surface area contributed by atoms with Crippen LogP contribution in [0, 0.1) is 24.7 Å². The number of benzene rings is 2. The zero-order valence-corrected chi connectivity index (χ0v) is 35.0. The first kappa shape index (κ1) is 54.9. The molecule has 0 aliphatic carbocycles. The van der Waals surface area contributed by atoms with Gasteiger partial charge in [-0.2, -0.15) is 16.9 Å². The fourth-order valence-corrected chi connectivity index (χ4v) is 8.88. The summed E-state index contributed by atoms with van der Waals surface area (Å²) in [6.07, 6.45) is 15.8. The molecule has 0 bridgehead atoms. The van der Waals surface area contributed by atoms with Crippen molar-refractivity contribution < 1.29 is 44.8 Å². The summed E-state index contributed by atoms with van der Waals surface area (Å²) in [5.74, 6) is 4.55. The fourth-order valence-electron chi connectivity index (χ4n) is 3.08. The molecule has 0 amide bonds. The molecular weight excluding hydrogens is 840 g/mol. The van der Waals surface area contributed by atoms with Gasteiger partial charge >= 0.3 is 33.9 Å². The van der Waals surface area contributed by atoms with Gasteiger partial charge in [0.1, 0.15) is 0 Å². The van der Waals surface area contributed by atoms with Crippen molar-refractivity contribution in [2.24, 2.45) is 0 Å². The van der Waals surface area contributed by atoms with Gasteiger partial charge in [0.2, 0.25) is 0 Å². The Kier molecular flexibility index (Phi) is 45.6. The van der Waals surface area contributed by atoms with Crippen LogP contribution >= 0.6 is 47.0 Å². The number of rotatable bonds is 0. The number of nitrogens with one attached hydrogen (secondary N) is 4. The molecule has 0 atom stereocenters. The Morgan fingerprint density at radius 3 is 0.896 bits per heavy atom. The maximum absolute atomic E-state index is 6.69. The van der Waals surface area contributed by atoms with E-state index in [1.807, 2.05) is 60.7 Å². The van der Waals surface area contributed by atoms with Gasteiger partial charge in [-0.3, -0.25) is 11.8 Å². The second-order valence-electron chi connectivity index (χ2n) is 8.65. The Labute approximate surface area is 349 Å². The molecule has 3 heterocycles. The Morgan fingerprint density at radius 1 is 0.479 bits per heavy atom. The summed E-state index contributed by atoms with van der Waals surface area (Å²) in [6, 6.07) is 18.7. The third kappa shape index (κ3) is 32.0. The Balaban J connectivity index is -0.000000254. The van der Waals surface area contributed by atoms with E-state index in [0.717, 1.165) is 90.6 Å². The predicted octanol–water partition coefficient (Wildman–Crippen LogP) is 4.02. The maximum atomic E-state index is 6.69. The molecule has 0 spiro atoms. The third-order valence-electron chi connectivity index (χ3n) is 5.30. The smallest absolute Gasteiger partial charge is 0.774 e. The van der Waals surface area contributed by atoms with Crippen molar-refractivity contribution >= 4 is 97.6 Å². The number of thioether (sulfide) groups is 4. The summed E-state index contributed by atoms with van der Waals surface area (Å²) in [6.45, 7) is 8.87. The van der Waals surface area contributed by atoms with Gasteiger partial charge in [0.05, 0.1) is 0 Å². The van der Waals surface area contributed by atoms with Crippen LogP contribution in [-0.2, 0) is 84.4 Å². The van der Waals surface area contributed by atoms with Crippen molar-refractivity contribution in [3.63, 3.8) is 0 Å². The van der Waals surface area contributed by atoms with Crippen molar-refractivity contribution in [1.29, 1.82) is 0 Å². The largest absolute Gasteiger partial charge is 3.00 e. The summed E-state index contributed by atoms with van der Waals surface area (Å²) in [5, 5.41) is 15.7. The van der Waals surface area contributed by atoms with E-state index >= 15 is 0 Å². The van der Waals surface area contributed by atoms with Gasteiger partial charge < -0.3 is 95.6 Å². The van der Waals surface area contributed by atoms with Crippen molar-refractivity contribution in [2.75, 3.05) is 62.5 Å². The van der Waals surface area contributed by atoms with Gasteiger partial charge in [-0.1, -0.05) is 36.4 Å². The van der Waals surface area contributed by atoms with Crippen LogP contribution in [0.15, 0.2) is 77.6 Å². The molecule has 1 fully saturated rings. The predicted molar refractivity (Wildman–Crippen MR) is 217 cm³/mol. The SMILES string of the molecule is C1CNCCNCCCNCCNC1.O.O.[C-]#Cc1ccccc1.[C-]#Cc1ccccc1.[Cr+3].[Ni+3].[S-]C1=C([S-])SCS1.[S-]C1=C([S-])SCS1. The summed E-state index contributed by atoms with van der Waals surface area (Å²) >= 11 is 26.0. The van der Waals surface area contributed by atoms with E-state index in [0.29, 0.717) is 0 Å². The van der Waals surface area contributed by atoms with Crippen LogP contribution in [0.25, 0.3) is 0 Å². The molecule has 48 heavy (non-hydrogen) atoms. The van der Waals surface area contributed by atoms with E-state index in [4.69, 9.17) is 63.4 Å². The van der Waals surface area contributed by atoms with Gasteiger partial charge in [0, 0.05) is 36.3 Å². The van der Waals surface area contributed by atoms with Crippen LogP contribution in [0.3, 0.4) is 0 Å². The van der Waals surface area contributed by atoms with Crippen LogP contribution in [0.5, 0.6) is 0 Å². The van der Waals surface area contributed by atoms with E-state index < -0.39 is 0 Å². The summed E-state index contributed by atoms with van der Waals surface area (Å²) in [7, 11) is 0. The molecule has 3 aliphatic rings. The molecular formula is C32H42CrN4NiO2S8. The van der Waals surface area contributed by atoms with E-state index in [-0.39, 0.29) is 44.8 Å². The van der Waals surface area contributed by atoms with Gasteiger partial charge in [-0.25, -0.2) is 0 Å². The van der Waals surface area contributed by atoms with Crippen molar-refractivity contribution in [3.8, 4) is 11.8 Å². The quantitative estimate of drug-likeness (QED) is 0.133. The zero-order chi connectivity index (χ0) is 32.1. The molecule has 3 aliphatic heterocycles. The monoisotopic (exact) mass is 880 g/mol. The second kappa shape index (κ2) is 39.9. The van der Waals surface area contributed by atoms with Crippen LogP contribution in [-0.4, -0.2) is 73.5 Å². The standard InChI is InChI=1S/C10H24N4.2C8H5.2C3H4S4.Cr.Ni.2H2O/c1-3-11-7-9-13-5-2-6-14-10-8-12-4-1;2*1-2-8-6-4-3-5-7-8;2*4-2-3(5)7-1-6-2;;;;/h11-14H,1-10H2;2*3-7H;2*4-5H,1H2;;;2*1H2/q;2*-1;;;2*+3;;/p-4. The van der Waals surface area contributed by atoms with Crippen molar-refractivity contribution in [2.45, 2.75) is 12.8 Å².